The third kappa shape index (κ3) is 34.0. The maximum absolute atomic E-state index is 2.90. The first-order valence-corrected chi connectivity index (χ1v) is 34.0. The van der Waals surface area contributed by atoms with Crippen molar-refractivity contribution in [2.24, 2.45) is 0 Å². The molecule has 0 aliphatic carbocycles. The molecule has 0 atom stereocenters. The molecule has 8 rings (SSSR count). The quantitative estimate of drug-likeness (QED) is 0.0845. The average Bonchev–Trinajstić information content (AvgIpc) is 3.36. The second-order valence-electron chi connectivity index (χ2n) is 16.9. The van der Waals surface area contributed by atoms with Crippen LogP contribution in [-0.4, -0.2) is 75.9 Å². The fourth-order valence-corrected chi connectivity index (χ4v) is 19.3. The predicted molar refractivity (Wildman–Crippen MR) is 329 cm³/mol. The molecule has 8 radical (unpaired) electrons. The predicted octanol–water partition coefficient (Wildman–Crippen LogP) is 14.3. The Labute approximate surface area is 549 Å². The largest absolute Gasteiger partial charge is 0.0622 e. The molecule has 0 fully saturated rings. The van der Waals surface area contributed by atoms with Crippen molar-refractivity contribution in [1.29, 1.82) is 0 Å². The van der Waals surface area contributed by atoms with Crippen molar-refractivity contribution >= 4 is 138 Å². The minimum Gasteiger partial charge on any atom is -0.0622 e. The first-order chi connectivity index (χ1) is 33.8. The molecule has 0 aromatic heterocycles. The summed E-state index contributed by atoms with van der Waals surface area (Å²) in [5.41, 5.74) is 0. The molecule has 0 bridgehead atoms. The number of hydrogen-bond donors (Lipinski definition) is 0. The van der Waals surface area contributed by atoms with Gasteiger partial charge in [0.15, 0.2) is 0 Å². The van der Waals surface area contributed by atoms with Crippen LogP contribution in [0.5, 0.6) is 0 Å². The summed E-state index contributed by atoms with van der Waals surface area (Å²) in [4.78, 5) is 2.83. The van der Waals surface area contributed by atoms with E-state index >= 15 is 0 Å². The third-order valence-corrected chi connectivity index (χ3v) is 21.0. The summed E-state index contributed by atoms with van der Waals surface area (Å²) in [5, 5.41) is 11.7. The Bertz CT molecular complexity index is 1940. The van der Waals surface area contributed by atoms with Gasteiger partial charge >= 0.3 is 139 Å². The smallest absolute Gasteiger partial charge is 0.00405 e. The molecule has 0 nitrogen and oxygen atoms in total. The first-order valence-electron chi connectivity index (χ1n) is 23.9. The zero-order valence-corrected chi connectivity index (χ0v) is 59.8. The van der Waals surface area contributed by atoms with Gasteiger partial charge in [0.05, 0.1) is 0 Å². The van der Waals surface area contributed by atoms with Crippen LogP contribution < -0.4 is 42.4 Å². The van der Waals surface area contributed by atoms with Crippen molar-refractivity contribution in [1.82, 2.24) is 0 Å². The molecule has 0 saturated heterocycles. The van der Waals surface area contributed by atoms with E-state index in [1.54, 1.807) is 0 Å². The zero-order valence-electron chi connectivity index (χ0n) is 43.4. The van der Waals surface area contributed by atoms with Crippen LogP contribution in [0.15, 0.2) is 243 Å². The SMILES string of the molecule is CC(C)[Se].CC(C)[Se].CC(C)[Se].CC(C)[Se].[Ag].[Ag].[Ag].[Ag].c1ccc(P(CP(c2ccccc2)c2ccccc2)c2ccccc2)cc1.c1ccc(P(CP(c2ccccc2)c2ccccc2)c2ccccc2)cc1. The van der Waals surface area contributed by atoms with Gasteiger partial charge in [-0.05, 0) is 74.1 Å². The molecule has 0 amide bonds. The molecule has 0 aliphatic heterocycles. The van der Waals surface area contributed by atoms with Crippen LogP contribution in [0.4, 0.5) is 0 Å². The molecule has 0 N–H and O–H groups in total. The number of hydrogen-bond acceptors (Lipinski definition) is 0. The fraction of sp³-hybridized carbons (Fsp3) is 0.226. The topological polar surface area (TPSA) is 0 Å². The van der Waals surface area contributed by atoms with Crippen LogP contribution in [0.3, 0.4) is 0 Å². The maximum atomic E-state index is 2.90. The molecular weight excluding hydrogens is 1620 g/mol. The van der Waals surface area contributed by atoms with Crippen molar-refractivity contribution in [3.05, 3.63) is 243 Å². The second kappa shape index (κ2) is 47.2. The minimum absolute atomic E-state index is 0. The molecule has 408 valence electrons. The molecule has 8 aromatic carbocycles. The Morgan fingerprint density at radius 1 is 0.216 bits per heavy atom. The van der Waals surface area contributed by atoms with Crippen molar-refractivity contribution < 1.29 is 89.5 Å². The van der Waals surface area contributed by atoms with Gasteiger partial charge in [-0.2, -0.15) is 0 Å². The Morgan fingerprint density at radius 3 is 0.378 bits per heavy atom. The molecule has 12 heteroatoms. The van der Waals surface area contributed by atoms with Gasteiger partial charge in [0.2, 0.25) is 0 Å². The maximum Gasteiger partial charge on any atom is 0.00405 e. The van der Waals surface area contributed by atoms with Gasteiger partial charge in [0.1, 0.15) is 0 Å². The minimum atomic E-state index is -0.409. The summed E-state index contributed by atoms with van der Waals surface area (Å²) in [6.07, 6.45) is 0. The third-order valence-electron chi connectivity index (χ3n) is 9.11. The van der Waals surface area contributed by atoms with Crippen LogP contribution in [0.1, 0.15) is 55.4 Å². The van der Waals surface area contributed by atoms with Gasteiger partial charge in [0.25, 0.3) is 0 Å². The normalized spacial score (nSPS) is 10.0. The van der Waals surface area contributed by atoms with Gasteiger partial charge < -0.3 is 0 Å². The van der Waals surface area contributed by atoms with E-state index in [0.29, 0.717) is 19.3 Å². The summed E-state index contributed by atoms with van der Waals surface area (Å²) >= 11 is 11.6. The summed E-state index contributed by atoms with van der Waals surface area (Å²) in [6, 6.07) is 88.3. The molecular formula is C62H72Ag4P4Se4. The average molecular weight is 1690 g/mol. The fourth-order valence-electron chi connectivity index (χ4n) is 6.40. The Morgan fingerprint density at radius 2 is 0.297 bits per heavy atom. The standard InChI is InChI=1S/2C25H22P2.4C3H7Se.4Ag/c2*1-5-13-22(14-6-1)26(23-15-7-2-8-16-23)21-27(24-17-9-3-10-18-24)25-19-11-4-12-20-25;4*1-3(2)4;;;;/h2*1-20H,21H2;4*3H,1-2H3;;;;. The van der Waals surface area contributed by atoms with Gasteiger partial charge in [-0.3, -0.25) is 0 Å². The molecule has 8 aromatic rings. The van der Waals surface area contributed by atoms with Gasteiger partial charge in [-0.1, -0.05) is 243 Å². The molecule has 0 unspecified atom stereocenters. The van der Waals surface area contributed by atoms with E-state index in [2.05, 4.69) is 362 Å². The van der Waals surface area contributed by atoms with E-state index in [1.807, 2.05) is 0 Å². The number of rotatable bonds is 12. The van der Waals surface area contributed by atoms with Gasteiger partial charge in [-0.25, -0.2) is 0 Å². The van der Waals surface area contributed by atoms with E-state index in [0.717, 1.165) is 0 Å². The van der Waals surface area contributed by atoms with Crippen molar-refractivity contribution in [3.63, 3.8) is 0 Å². The summed E-state index contributed by atoms with van der Waals surface area (Å²) < 4.78 is 0. The number of benzene rings is 8. The summed E-state index contributed by atoms with van der Waals surface area (Å²) in [6.45, 7) is 16.9. The van der Waals surface area contributed by atoms with E-state index < -0.39 is 31.7 Å². The second-order valence-corrected chi connectivity index (χ2v) is 34.6. The first kappa shape index (κ1) is 76.6. The Balaban J connectivity index is 0. The van der Waals surface area contributed by atoms with Crippen LogP contribution in [0.2, 0.25) is 19.3 Å². The molecule has 0 heterocycles. The van der Waals surface area contributed by atoms with E-state index in [-0.39, 0.29) is 89.5 Å². The molecule has 0 saturated carbocycles. The van der Waals surface area contributed by atoms with E-state index in [9.17, 15) is 0 Å². The van der Waals surface area contributed by atoms with Crippen molar-refractivity contribution in [2.75, 3.05) is 11.8 Å². The van der Waals surface area contributed by atoms with Crippen LogP contribution in [-0.2, 0) is 89.5 Å². The van der Waals surface area contributed by atoms with Crippen LogP contribution >= 0.6 is 31.7 Å². The zero-order chi connectivity index (χ0) is 50.9. The summed E-state index contributed by atoms with van der Waals surface area (Å²) in [5.74, 6) is 2.35. The van der Waals surface area contributed by atoms with Crippen LogP contribution in [0.25, 0.3) is 0 Å². The molecule has 0 spiro atoms. The molecule has 74 heavy (non-hydrogen) atoms. The van der Waals surface area contributed by atoms with Crippen molar-refractivity contribution in [2.45, 2.75) is 74.7 Å². The monoisotopic (exact) mass is 1690 g/mol. The van der Waals surface area contributed by atoms with Gasteiger partial charge in [0, 0.05) is 101 Å². The van der Waals surface area contributed by atoms with Crippen molar-refractivity contribution in [3.8, 4) is 0 Å². The van der Waals surface area contributed by atoms with E-state index in [4.69, 9.17) is 0 Å². The Hall–Kier alpha value is 0.519. The molecule has 0 aliphatic rings. The van der Waals surface area contributed by atoms with Crippen LogP contribution in [0, 0.1) is 0 Å². The Kier molecular flexibility index (Phi) is 48.8. The van der Waals surface area contributed by atoms with Gasteiger partial charge in [-0.15, -0.1) is 0 Å². The summed E-state index contributed by atoms with van der Waals surface area (Å²) in [7, 11) is -1.63. The van der Waals surface area contributed by atoms with E-state index in [1.165, 1.54) is 54.2 Å².